The molecular weight excluding hydrogens is 487 g/mol. The molecule has 37 heavy (non-hydrogen) atoms. The fraction of sp³-hybridized carbons (Fsp3) is 0.179. The van der Waals surface area contributed by atoms with E-state index in [-0.39, 0.29) is 11.2 Å². The second kappa shape index (κ2) is 9.10. The highest BCUT2D eigenvalue weighted by Crippen LogP contribution is 2.36. The molecule has 1 aromatic carbocycles. The van der Waals surface area contributed by atoms with Crippen molar-refractivity contribution in [3.8, 4) is 38.8 Å². The standard InChI is InChI=1S/C28H23FN6OS/c29-26-4-3-25(37-26)28-21-13-24(33-22(21)7-10-32-28)27-20-12-16(1-2-23(20)34-35-27)17-11-19(15-31-14-17)36-18-5-8-30-9-6-18/h1-4,7,10-15,18,30,33H,5-6,8-9H2,(H,34,35). The maximum atomic E-state index is 13.7. The van der Waals surface area contributed by atoms with Crippen LogP contribution in [0.1, 0.15) is 12.8 Å². The number of rotatable bonds is 5. The molecule has 3 N–H and O–H groups in total. The normalized spacial score (nSPS) is 14.5. The number of fused-ring (bicyclic) bond motifs is 2. The summed E-state index contributed by atoms with van der Waals surface area (Å²) in [6.07, 6.45) is 7.59. The molecule has 0 spiro atoms. The average molecular weight is 511 g/mol. The van der Waals surface area contributed by atoms with Gasteiger partial charge in [-0.1, -0.05) is 6.07 Å². The summed E-state index contributed by atoms with van der Waals surface area (Å²) in [5, 5.41) is 12.8. The summed E-state index contributed by atoms with van der Waals surface area (Å²) in [5.41, 5.74) is 6.32. The second-order valence-electron chi connectivity index (χ2n) is 9.22. The van der Waals surface area contributed by atoms with Crippen LogP contribution < -0.4 is 10.1 Å². The number of hydrogen-bond acceptors (Lipinski definition) is 6. The van der Waals surface area contributed by atoms with E-state index in [0.29, 0.717) is 0 Å². The lowest BCUT2D eigenvalue weighted by Crippen LogP contribution is -2.34. The quantitative estimate of drug-likeness (QED) is 0.258. The summed E-state index contributed by atoms with van der Waals surface area (Å²) in [5.74, 6) is 0.789. The topological polar surface area (TPSA) is 91.5 Å². The lowest BCUT2D eigenvalue weighted by atomic mass is 10.0. The van der Waals surface area contributed by atoms with Gasteiger partial charge in [-0.15, -0.1) is 11.3 Å². The van der Waals surface area contributed by atoms with Gasteiger partial charge in [0.15, 0.2) is 5.13 Å². The van der Waals surface area contributed by atoms with Crippen molar-refractivity contribution in [2.75, 3.05) is 13.1 Å². The van der Waals surface area contributed by atoms with Gasteiger partial charge >= 0.3 is 0 Å². The fourth-order valence-corrected chi connectivity index (χ4v) is 5.71. The number of piperidine rings is 1. The summed E-state index contributed by atoms with van der Waals surface area (Å²) in [4.78, 5) is 13.2. The van der Waals surface area contributed by atoms with Gasteiger partial charge in [-0.2, -0.15) is 9.49 Å². The van der Waals surface area contributed by atoms with Crippen molar-refractivity contribution in [1.29, 1.82) is 0 Å². The van der Waals surface area contributed by atoms with E-state index >= 15 is 0 Å². The van der Waals surface area contributed by atoms with Crippen molar-refractivity contribution >= 4 is 33.1 Å². The van der Waals surface area contributed by atoms with E-state index in [1.807, 2.05) is 24.4 Å². The molecule has 0 atom stereocenters. The highest BCUT2D eigenvalue weighted by molar-refractivity contribution is 7.13. The maximum absolute atomic E-state index is 13.7. The Bertz CT molecular complexity index is 1730. The molecule has 0 amide bonds. The average Bonchev–Trinajstić information content (AvgIpc) is 3.66. The Hall–Kier alpha value is -4.08. The van der Waals surface area contributed by atoms with E-state index in [4.69, 9.17) is 4.74 Å². The van der Waals surface area contributed by atoms with Crippen LogP contribution in [-0.4, -0.2) is 44.3 Å². The van der Waals surface area contributed by atoms with Crippen LogP contribution in [0.4, 0.5) is 4.39 Å². The number of thiophene rings is 1. The highest BCUT2D eigenvalue weighted by atomic mass is 32.1. The third kappa shape index (κ3) is 4.16. The third-order valence-electron chi connectivity index (χ3n) is 6.81. The third-order valence-corrected chi connectivity index (χ3v) is 7.69. The SMILES string of the molecule is Fc1ccc(-c2nccc3[nH]c(-c4n[nH]c5ccc(-c6cncc(OC7CCNCC7)c6)cc45)cc23)s1. The van der Waals surface area contributed by atoms with Crippen LogP contribution in [0.25, 0.3) is 54.9 Å². The molecule has 7 rings (SSSR count). The number of ether oxygens (including phenoxy) is 1. The van der Waals surface area contributed by atoms with Crippen molar-refractivity contribution in [1.82, 2.24) is 30.5 Å². The molecular formula is C28H23FN6OS. The van der Waals surface area contributed by atoms with Crippen LogP contribution in [0.5, 0.6) is 5.75 Å². The highest BCUT2D eigenvalue weighted by Gasteiger charge is 2.17. The summed E-state index contributed by atoms with van der Waals surface area (Å²) in [7, 11) is 0. The van der Waals surface area contributed by atoms with Crippen molar-refractivity contribution < 1.29 is 9.13 Å². The van der Waals surface area contributed by atoms with Crippen LogP contribution in [0, 0.1) is 5.13 Å². The lowest BCUT2D eigenvalue weighted by molar-refractivity contribution is 0.162. The van der Waals surface area contributed by atoms with Crippen molar-refractivity contribution in [3.63, 3.8) is 0 Å². The van der Waals surface area contributed by atoms with E-state index in [9.17, 15) is 4.39 Å². The van der Waals surface area contributed by atoms with Crippen molar-refractivity contribution in [2.45, 2.75) is 18.9 Å². The van der Waals surface area contributed by atoms with Crippen LogP contribution in [0.15, 0.2) is 67.1 Å². The first-order valence-corrected chi connectivity index (χ1v) is 13.1. The van der Waals surface area contributed by atoms with Gasteiger partial charge in [0, 0.05) is 34.2 Å². The smallest absolute Gasteiger partial charge is 0.177 e. The van der Waals surface area contributed by atoms with Crippen LogP contribution in [0.3, 0.4) is 0 Å². The zero-order valence-corrected chi connectivity index (χ0v) is 20.6. The zero-order valence-electron chi connectivity index (χ0n) is 19.8. The Labute approximate surface area is 215 Å². The monoisotopic (exact) mass is 510 g/mol. The number of benzene rings is 1. The minimum atomic E-state index is -0.227. The summed E-state index contributed by atoms with van der Waals surface area (Å²) < 4.78 is 19.9. The number of nitrogens with one attached hydrogen (secondary N) is 3. The van der Waals surface area contributed by atoms with Crippen molar-refractivity contribution in [3.05, 3.63) is 72.3 Å². The number of aromatic amines is 2. The van der Waals surface area contributed by atoms with Crippen LogP contribution in [0.2, 0.25) is 0 Å². The molecule has 0 bridgehead atoms. The van der Waals surface area contributed by atoms with Gasteiger partial charge in [-0.3, -0.25) is 15.1 Å². The van der Waals surface area contributed by atoms with E-state index < -0.39 is 0 Å². The van der Waals surface area contributed by atoms with Gasteiger partial charge < -0.3 is 15.0 Å². The Kier molecular flexibility index (Phi) is 5.44. The predicted molar refractivity (Wildman–Crippen MR) is 144 cm³/mol. The molecule has 6 heterocycles. The van der Waals surface area contributed by atoms with Gasteiger partial charge in [0.05, 0.1) is 28.0 Å². The Balaban J connectivity index is 1.26. The molecule has 1 aliphatic heterocycles. The molecule has 0 unspecified atom stereocenters. The Morgan fingerprint density at radius 3 is 2.65 bits per heavy atom. The first-order valence-electron chi connectivity index (χ1n) is 12.3. The molecule has 1 fully saturated rings. The molecule has 5 aromatic heterocycles. The summed E-state index contributed by atoms with van der Waals surface area (Å²) in [6.45, 7) is 1.96. The number of halogens is 1. The van der Waals surface area contributed by atoms with E-state index in [0.717, 1.165) is 97.9 Å². The molecule has 0 aliphatic carbocycles. The van der Waals surface area contributed by atoms with Crippen LogP contribution in [-0.2, 0) is 0 Å². The van der Waals surface area contributed by atoms with E-state index in [1.54, 1.807) is 18.5 Å². The molecule has 184 valence electrons. The summed E-state index contributed by atoms with van der Waals surface area (Å²) in [6, 6.07) is 15.5. The van der Waals surface area contributed by atoms with Gasteiger partial charge in [0.1, 0.15) is 17.5 Å². The number of aromatic nitrogens is 5. The van der Waals surface area contributed by atoms with Gasteiger partial charge in [-0.05, 0) is 74.0 Å². The molecule has 6 aromatic rings. The Morgan fingerprint density at radius 2 is 1.78 bits per heavy atom. The number of hydrogen-bond donors (Lipinski definition) is 3. The molecule has 0 saturated carbocycles. The van der Waals surface area contributed by atoms with Gasteiger partial charge in [0.25, 0.3) is 0 Å². The van der Waals surface area contributed by atoms with E-state index in [2.05, 4.69) is 48.7 Å². The number of H-pyrrole nitrogens is 2. The second-order valence-corrected chi connectivity index (χ2v) is 10.3. The van der Waals surface area contributed by atoms with Gasteiger partial charge in [0.2, 0.25) is 0 Å². The summed E-state index contributed by atoms with van der Waals surface area (Å²) >= 11 is 1.09. The molecule has 7 nitrogen and oxygen atoms in total. The Morgan fingerprint density at radius 1 is 0.892 bits per heavy atom. The predicted octanol–water partition coefficient (Wildman–Crippen LogP) is 6.17. The zero-order chi connectivity index (χ0) is 24.8. The first-order chi connectivity index (χ1) is 18.2. The fourth-order valence-electron chi connectivity index (χ4n) is 4.97. The molecule has 1 saturated heterocycles. The van der Waals surface area contributed by atoms with Crippen molar-refractivity contribution in [2.24, 2.45) is 0 Å². The molecule has 1 aliphatic rings. The van der Waals surface area contributed by atoms with E-state index in [1.165, 1.54) is 6.07 Å². The van der Waals surface area contributed by atoms with Crippen LogP contribution >= 0.6 is 11.3 Å². The lowest BCUT2D eigenvalue weighted by Gasteiger charge is -2.23. The minimum Gasteiger partial charge on any atom is -0.489 e. The molecule has 9 heteroatoms. The first kappa shape index (κ1) is 22.1. The largest absolute Gasteiger partial charge is 0.489 e. The van der Waals surface area contributed by atoms with Gasteiger partial charge in [-0.25, -0.2) is 0 Å². The maximum Gasteiger partial charge on any atom is 0.177 e. The minimum absolute atomic E-state index is 0.216. The number of nitrogens with zero attached hydrogens (tertiary/aromatic N) is 3. The number of pyridine rings is 2. The molecule has 0 radical (unpaired) electrons.